The van der Waals surface area contributed by atoms with Crippen molar-refractivity contribution in [2.24, 2.45) is 5.92 Å². The molecule has 1 atom stereocenters. The van der Waals surface area contributed by atoms with E-state index in [0.29, 0.717) is 19.0 Å². The minimum absolute atomic E-state index is 0.0890. The molecule has 1 fully saturated rings. The monoisotopic (exact) mass is 301 g/mol. The number of hydrogen-bond donors (Lipinski definition) is 1. The molecule has 1 aromatic rings. The van der Waals surface area contributed by atoms with Gasteiger partial charge < -0.3 is 10.0 Å². The van der Waals surface area contributed by atoms with Gasteiger partial charge in [-0.25, -0.2) is 4.79 Å². The number of hydrogen-bond acceptors (Lipinski definition) is 2. The summed E-state index contributed by atoms with van der Waals surface area (Å²) in [4.78, 5) is 12.6. The smallest absolute Gasteiger partial charge is 0.418 e. The Hall–Kier alpha value is -1.72. The van der Waals surface area contributed by atoms with E-state index < -0.39 is 17.7 Å². The Morgan fingerprint density at radius 3 is 2.71 bits per heavy atom. The molecule has 0 saturated carbocycles. The molecule has 0 bridgehead atoms. The van der Waals surface area contributed by atoms with Crippen LogP contribution in [0, 0.1) is 5.92 Å². The van der Waals surface area contributed by atoms with Crippen molar-refractivity contribution in [1.29, 1.82) is 0 Å². The van der Waals surface area contributed by atoms with Crippen molar-refractivity contribution in [1.82, 2.24) is 0 Å². The van der Waals surface area contributed by atoms with E-state index in [1.165, 1.54) is 12.1 Å². The van der Waals surface area contributed by atoms with E-state index in [1.807, 2.05) is 0 Å². The second kappa shape index (κ2) is 5.95. The third kappa shape index (κ3) is 3.49. The zero-order valence-electron chi connectivity index (χ0n) is 11.8. The van der Waals surface area contributed by atoms with Gasteiger partial charge in [-0.2, -0.15) is 13.2 Å². The van der Waals surface area contributed by atoms with Crippen LogP contribution < -0.4 is 4.90 Å². The molecule has 116 valence electrons. The summed E-state index contributed by atoms with van der Waals surface area (Å²) < 4.78 is 39.5. The summed E-state index contributed by atoms with van der Waals surface area (Å²) in [5, 5.41) is 8.86. The van der Waals surface area contributed by atoms with E-state index in [4.69, 9.17) is 5.11 Å². The maximum atomic E-state index is 13.2. The fourth-order valence-electron chi connectivity index (χ4n) is 2.87. The normalized spacial score (nSPS) is 19.0. The molecular weight excluding hydrogens is 283 g/mol. The SMILES string of the molecule is CCCC1CCN(c2ccc(C(=O)O)cc2C(F)(F)F)C1. The van der Waals surface area contributed by atoms with Crippen molar-refractivity contribution < 1.29 is 23.1 Å². The Labute approximate surface area is 121 Å². The molecular formula is C15H18F3NO2. The van der Waals surface area contributed by atoms with Gasteiger partial charge in [-0.05, 0) is 37.0 Å². The van der Waals surface area contributed by atoms with Gasteiger partial charge in [0.15, 0.2) is 0 Å². The number of aromatic carboxylic acids is 1. The van der Waals surface area contributed by atoms with Crippen LogP contribution in [0.2, 0.25) is 0 Å². The Balaban J connectivity index is 2.33. The van der Waals surface area contributed by atoms with Crippen LogP contribution in [0.1, 0.15) is 42.1 Å². The van der Waals surface area contributed by atoms with E-state index in [-0.39, 0.29) is 11.3 Å². The van der Waals surface area contributed by atoms with Gasteiger partial charge in [0.2, 0.25) is 0 Å². The minimum Gasteiger partial charge on any atom is -0.478 e. The first-order chi connectivity index (χ1) is 9.82. The highest BCUT2D eigenvalue weighted by Crippen LogP contribution is 2.39. The number of nitrogens with zero attached hydrogens (tertiary/aromatic N) is 1. The summed E-state index contributed by atoms with van der Waals surface area (Å²) in [6.45, 7) is 3.25. The molecule has 2 rings (SSSR count). The van der Waals surface area contributed by atoms with E-state index >= 15 is 0 Å². The highest BCUT2D eigenvalue weighted by Gasteiger charge is 2.37. The lowest BCUT2D eigenvalue weighted by Crippen LogP contribution is -2.23. The summed E-state index contributed by atoms with van der Waals surface area (Å²) in [5.74, 6) is -0.937. The molecule has 1 saturated heterocycles. The molecule has 0 amide bonds. The Kier molecular flexibility index (Phi) is 4.44. The first-order valence-electron chi connectivity index (χ1n) is 7.02. The van der Waals surface area contributed by atoms with Crippen molar-refractivity contribution >= 4 is 11.7 Å². The quantitative estimate of drug-likeness (QED) is 0.912. The van der Waals surface area contributed by atoms with Crippen LogP contribution >= 0.6 is 0 Å². The summed E-state index contributed by atoms with van der Waals surface area (Å²) in [7, 11) is 0. The molecule has 0 aliphatic carbocycles. The average molecular weight is 301 g/mol. The molecule has 1 aliphatic heterocycles. The van der Waals surface area contributed by atoms with Gasteiger partial charge in [-0.1, -0.05) is 13.3 Å². The molecule has 0 aromatic heterocycles. The highest BCUT2D eigenvalue weighted by molar-refractivity contribution is 5.88. The number of rotatable bonds is 4. The van der Waals surface area contributed by atoms with Crippen LogP contribution in [-0.2, 0) is 6.18 Å². The molecule has 3 nitrogen and oxygen atoms in total. The van der Waals surface area contributed by atoms with Crippen molar-refractivity contribution in [2.45, 2.75) is 32.4 Å². The minimum atomic E-state index is -4.55. The van der Waals surface area contributed by atoms with E-state index in [0.717, 1.165) is 25.3 Å². The second-order valence-electron chi connectivity index (χ2n) is 5.42. The molecule has 1 heterocycles. The zero-order valence-corrected chi connectivity index (χ0v) is 11.8. The van der Waals surface area contributed by atoms with Crippen molar-refractivity contribution in [3.63, 3.8) is 0 Å². The predicted octanol–water partition coefficient (Wildman–Crippen LogP) is 4.03. The number of anilines is 1. The number of carbonyl (C=O) groups is 1. The van der Waals surface area contributed by atoms with Gasteiger partial charge >= 0.3 is 12.1 Å². The zero-order chi connectivity index (χ0) is 15.6. The lowest BCUT2D eigenvalue weighted by Gasteiger charge is -2.23. The molecule has 1 unspecified atom stereocenters. The van der Waals surface area contributed by atoms with Crippen LogP contribution in [0.25, 0.3) is 0 Å². The number of carboxylic acid groups (broad SMARTS) is 1. The molecule has 1 N–H and O–H groups in total. The third-order valence-corrected chi connectivity index (χ3v) is 3.87. The molecule has 1 aromatic carbocycles. The number of alkyl halides is 3. The lowest BCUT2D eigenvalue weighted by molar-refractivity contribution is -0.137. The summed E-state index contributed by atoms with van der Waals surface area (Å²) in [6.07, 6.45) is -1.65. The third-order valence-electron chi connectivity index (χ3n) is 3.87. The van der Waals surface area contributed by atoms with Crippen molar-refractivity contribution in [3.8, 4) is 0 Å². The molecule has 1 aliphatic rings. The van der Waals surface area contributed by atoms with E-state index in [1.54, 1.807) is 4.90 Å². The fraction of sp³-hybridized carbons (Fsp3) is 0.533. The summed E-state index contributed by atoms with van der Waals surface area (Å²) >= 11 is 0. The summed E-state index contributed by atoms with van der Waals surface area (Å²) in [6, 6.07) is 3.24. The standard InChI is InChI=1S/C15H18F3NO2/c1-2-3-10-6-7-19(9-10)13-5-4-11(14(20)21)8-12(13)15(16,17)18/h4-5,8,10H,2-3,6-7,9H2,1H3,(H,20,21). The maximum Gasteiger partial charge on any atom is 0.418 e. The fourth-order valence-corrected chi connectivity index (χ4v) is 2.87. The van der Waals surface area contributed by atoms with E-state index in [2.05, 4.69) is 6.92 Å². The lowest BCUT2D eigenvalue weighted by atomic mass is 10.0. The number of benzene rings is 1. The molecule has 0 radical (unpaired) electrons. The van der Waals surface area contributed by atoms with Crippen LogP contribution in [0.4, 0.5) is 18.9 Å². The Morgan fingerprint density at radius 2 is 2.14 bits per heavy atom. The van der Waals surface area contributed by atoms with Gasteiger partial charge in [-0.15, -0.1) is 0 Å². The Morgan fingerprint density at radius 1 is 1.43 bits per heavy atom. The average Bonchev–Trinajstić information content (AvgIpc) is 2.86. The first kappa shape index (κ1) is 15.7. The molecule has 6 heteroatoms. The van der Waals surface area contributed by atoms with Crippen LogP contribution in [-0.4, -0.2) is 24.2 Å². The largest absolute Gasteiger partial charge is 0.478 e. The second-order valence-corrected chi connectivity index (χ2v) is 5.42. The summed E-state index contributed by atoms with van der Waals surface area (Å²) in [5.41, 5.74) is -1.11. The predicted molar refractivity (Wildman–Crippen MR) is 73.6 cm³/mol. The first-order valence-corrected chi connectivity index (χ1v) is 7.02. The maximum absolute atomic E-state index is 13.2. The van der Waals surface area contributed by atoms with Crippen LogP contribution in [0.3, 0.4) is 0 Å². The molecule has 0 spiro atoms. The van der Waals surface area contributed by atoms with Gasteiger partial charge in [-0.3, -0.25) is 0 Å². The number of halogens is 3. The van der Waals surface area contributed by atoms with Gasteiger partial charge in [0, 0.05) is 18.8 Å². The van der Waals surface area contributed by atoms with Crippen LogP contribution in [0.5, 0.6) is 0 Å². The van der Waals surface area contributed by atoms with Gasteiger partial charge in [0.1, 0.15) is 0 Å². The van der Waals surface area contributed by atoms with Gasteiger partial charge in [0.05, 0.1) is 11.1 Å². The highest BCUT2D eigenvalue weighted by atomic mass is 19.4. The van der Waals surface area contributed by atoms with E-state index in [9.17, 15) is 18.0 Å². The van der Waals surface area contributed by atoms with Crippen LogP contribution in [0.15, 0.2) is 18.2 Å². The van der Waals surface area contributed by atoms with Crippen molar-refractivity contribution in [3.05, 3.63) is 29.3 Å². The van der Waals surface area contributed by atoms with Crippen molar-refractivity contribution in [2.75, 3.05) is 18.0 Å². The topological polar surface area (TPSA) is 40.5 Å². The van der Waals surface area contributed by atoms with Gasteiger partial charge in [0.25, 0.3) is 0 Å². The number of carboxylic acids is 1. The Bertz CT molecular complexity index is 528. The molecule has 21 heavy (non-hydrogen) atoms.